The fourth-order valence-electron chi connectivity index (χ4n) is 1.89. The van der Waals surface area contributed by atoms with Crippen molar-refractivity contribution in [1.82, 2.24) is 15.6 Å². The first-order valence-electron chi connectivity index (χ1n) is 7.07. The van der Waals surface area contributed by atoms with Crippen LogP contribution in [0, 0.1) is 5.82 Å². The fraction of sp³-hybridized carbons (Fsp3) is 0.250. The number of benzene rings is 1. The highest BCUT2D eigenvalue weighted by atomic mass is 19.1. The molecule has 0 radical (unpaired) electrons. The Morgan fingerprint density at radius 3 is 2.83 bits per heavy atom. The quantitative estimate of drug-likeness (QED) is 0.714. The minimum Gasteiger partial charge on any atom is -0.436 e. The van der Waals surface area contributed by atoms with Crippen LogP contribution in [0.15, 0.2) is 42.6 Å². The van der Waals surface area contributed by atoms with E-state index in [1.54, 1.807) is 31.3 Å². The van der Waals surface area contributed by atoms with Crippen LogP contribution >= 0.6 is 0 Å². The maximum atomic E-state index is 13.7. The molecule has 1 heterocycles. The summed E-state index contributed by atoms with van der Waals surface area (Å²) in [5, 5.41) is 14.4. The van der Waals surface area contributed by atoms with Gasteiger partial charge in [-0.15, -0.1) is 0 Å². The number of hydrogen-bond acceptors (Lipinski definition) is 5. The summed E-state index contributed by atoms with van der Waals surface area (Å²) in [6.45, 7) is -0.164. The Kier molecular flexibility index (Phi) is 6.02. The molecule has 0 fully saturated rings. The molecule has 2 rings (SSSR count). The largest absolute Gasteiger partial charge is 0.436 e. The predicted octanol–water partition coefficient (Wildman–Crippen LogP) is 1.21. The number of amides is 1. The van der Waals surface area contributed by atoms with Crippen LogP contribution in [0.3, 0.4) is 0 Å². The van der Waals surface area contributed by atoms with Crippen LogP contribution in [0.5, 0.6) is 11.6 Å². The monoisotopic (exact) mass is 319 g/mol. The van der Waals surface area contributed by atoms with Gasteiger partial charge in [0.15, 0.2) is 11.6 Å². The maximum absolute atomic E-state index is 13.7. The lowest BCUT2D eigenvalue weighted by Crippen LogP contribution is -2.44. The molecule has 0 saturated carbocycles. The third-order valence-electron chi connectivity index (χ3n) is 3.19. The van der Waals surface area contributed by atoms with Gasteiger partial charge in [0.1, 0.15) is 6.04 Å². The van der Waals surface area contributed by atoms with Crippen molar-refractivity contribution in [3.05, 3.63) is 54.0 Å². The van der Waals surface area contributed by atoms with Gasteiger partial charge in [-0.3, -0.25) is 4.79 Å². The number of rotatable bonds is 7. The molecule has 0 aliphatic carbocycles. The first-order valence-corrected chi connectivity index (χ1v) is 7.07. The van der Waals surface area contributed by atoms with Gasteiger partial charge >= 0.3 is 0 Å². The van der Waals surface area contributed by atoms with Gasteiger partial charge in [-0.25, -0.2) is 9.37 Å². The van der Waals surface area contributed by atoms with E-state index in [1.165, 1.54) is 18.3 Å². The predicted molar refractivity (Wildman–Crippen MR) is 82.5 cm³/mol. The number of ether oxygens (including phenoxy) is 1. The zero-order valence-corrected chi connectivity index (χ0v) is 12.6. The van der Waals surface area contributed by atoms with Crippen molar-refractivity contribution in [3.63, 3.8) is 0 Å². The number of aromatic nitrogens is 1. The average molecular weight is 319 g/mol. The first-order chi connectivity index (χ1) is 11.2. The molecular formula is C16H18FN3O3. The molecule has 2 aromatic rings. The number of para-hydroxylation sites is 1. The number of likely N-dealkylation sites (N-methyl/N-ethyl adjacent to an activating group) is 1. The molecule has 122 valence electrons. The fourth-order valence-corrected chi connectivity index (χ4v) is 1.89. The molecule has 7 heteroatoms. The highest BCUT2D eigenvalue weighted by Crippen LogP contribution is 2.25. The third-order valence-corrected chi connectivity index (χ3v) is 3.19. The van der Waals surface area contributed by atoms with Crippen molar-refractivity contribution >= 4 is 5.91 Å². The normalized spacial score (nSPS) is 11.8. The maximum Gasteiger partial charge on any atom is 0.239 e. The summed E-state index contributed by atoms with van der Waals surface area (Å²) in [4.78, 5) is 15.9. The summed E-state index contributed by atoms with van der Waals surface area (Å²) >= 11 is 0. The molecule has 1 aromatic heterocycles. The first kappa shape index (κ1) is 16.9. The third kappa shape index (κ3) is 4.48. The number of carbonyl (C=O) groups excluding carboxylic acids is 1. The summed E-state index contributed by atoms with van der Waals surface area (Å²) in [5.74, 6) is -0.579. The summed E-state index contributed by atoms with van der Waals surface area (Å²) in [5.41, 5.74) is 0.594. The summed E-state index contributed by atoms with van der Waals surface area (Å²) in [6.07, 6.45) is 1.52. The van der Waals surface area contributed by atoms with Crippen LogP contribution < -0.4 is 15.4 Å². The van der Waals surface area contributed by atoms with E-state index < -0.39 is 11.9 Å². The zero-order chi connectivity index (χ0) is 16.7. The molecule has 0 unspecified atom stereocenters. The van der Waals surface area contributed by atoms with Crippen LogP contribution in [0.1, 0.15) is 5.56 Å². The van der Waals surface area contributed by atoms with E-state index in [-0.39, 0.29) is 30.7 Å². The van der Waals surface area contributed by atoms with Crippen LogP contribution in [0.2, 0.25) is 0 Å². The molecule has 0 spiro atoms. The average Bonchev–Trinajstić information content (AvgIpc) is 2.57. The lowest BCUT2D eigenvalue weighted by molar-refractivity contribution is -0.124. The summed E-state index contributed by atoms with van der Waals surface area (Å²) in [7, 11) is 1.58. The number of aliphatic hydroxyl groups is 1. The van der Waals surface area contributed by atoms with Crippen LogP contribution in [0.4, 0.5) is 4.39 Å². The van der Waals surface area contributed by atoms with Crippen molar-refractivity contribution in [3.8, 4) is 11.6 Å². The molecule has 6 nitrogen and oxygen atoms in total. The van der Waals surface area contributed by atoms with Crippen molar-refractivity contribution < 1.29 is 19.0 Å². The Morgan fingerprint density at radius 1 is 1.35 bits per heavy atom. The van der Waals surface area contributed by atoms with Crippen molar-refractivity contribution in [2.75, 3.05) is 13.7 Å². The Labute approximate surface area is 133 Å². The number of hydrogen-bond donors (Lipinski definition) is 3. The molecule has 0 aliphatic heterocycles. The smallest absolute Gasteiger partial charge is 0.239 e. The van der Waals surface area contributed by atoms with E-state index in [4.69, 9.17) is 9.84 Å². The number of carbonyl (C=O) groups is 1. The Morgan fingerprint density at radius 2 is 2.13 bits per heavy atom. The van der Waals surface area contributed by atoms with Gasteiger partial charge in [-0.05, 0) is 25.2 Å². The molecule has 0 saturated heterocycles. The van der Waals surface area contributed by atoms with Gasteiger partial charge < -0.3 is 20.5 Å². The molecule has 0 aliphatic rings. The van der Waals surface area contributed by atoms with Gasteiger partial charge in [-0.1, -0.05) is 18.2 Å². The molecule has 1 aromatic carbocycles. The van der Waals surface area contributed by atoms with Crippen LogP contribution in [-0.2, 0) is 11.3 Å². The van der Waals surface area contributed by atoms with Gasteiger partial charge in [-0.2, -0.15) is 0 Å². The van der Waals surface area contributed by atoms with Gasteiger partial charge in [0.05, 0.1) is 6.61 Å². The second-order valence-corrected chi connectivity index (χ2v) is 4.74. The molecule has 3 N–H and O–H groups in total. The zero-order valence-electron chi connectivity index (χ0n) is 12.6. The number of aliphatic hydroxyl groups excluding tert-OH is 1. The number of nitrogens with zero attached hydrogens (tertiary/aromatic N) is 1. The minimum absolute atomic E-state index is 0.0576. The Hall–Kier alpha value is -2.51. The Balaban J connectivity index is 2.09. The second-order valence-electron chi connectivity index (χ2n) is 4.74. The topological polar surface area (TPSA) is 83.5 Å². The SMILES string of the molecule is CN[C@@H](CO)C(=O)NCc1cccnc1Oc1ccccc1F. The standard InChI is InChI=1S/C16H18FN3O3/c1-18-13(10-21)15(22)20-9-11-5-4-8-19-16(11)23-14-7-3-2-6-12(14)17/h2-8,13,18,21H,9-10H2,1H3,(H,20,22)/t13-/m0/s1. The van der Waals surface area contributed by atoms with Gasteiger partial charge in [0, 0.05) is 18.3 Å². The number of pyridine rings is 1. The number of nitrogens with one attached hydrogen (secondary N) is 2. The summed E-state index contributed by atoms with van der Waals surface area (Å²) in [6, 6.07) is 8.72. The van der Waals surface area contributed by atoms with Crippen molar-refractivity contribution in [2.24, 2.45) is 0 Å². The van der Waals surface area contributed by atoms with E-state index in [9.17, 15) is 9.18 Å². The van der Waals surface area contributed by atoms with Gasteiger partial charge in [0.2, 0.25) is 11.8 Å². The molecule has 1 amide bonds. The van der Waals surface area contributed by atoms with E-state index in [2.05, 4.69) is 15.6 Å². The lowest BCUT2D eigenvalue weighted by Gasteiger charge is -2.14. The van der Waals surface area contributed by atoms with Crippen molar-refractivity contribution in [1.29, 1.82) is 0 Å². The van der Waals surface area contributed by atoms with Crippen molar-refractivity contribution in [2.45, 2.75) is 12.6 Å². The van der Waals surface area contributed by atoms with Crippen LogP contribution in [0.25, 0.3) is 0 Å². The van der Waals surface area contributed by atoms with E-state index in [0.717, 1.165) is 0 Å². The molecular weight excluding hydrogens is 301 g/mol. The van der Waals surface area contributed by atoms with Crippen LogP contribution in [-0.4, -0.2) is 35.7 Å². The summed E-state index contributed by atoms with van der Waals surface area (Å²) < 4.78 is 19.1. The second kappa shape index (κ2) is 8.21. The number of halogens is 1. The van der Waals surface area contributed by atoms with E-state index >= 15 is 0 Å². The van der Waals surface area contributed by atoms with E-state index in [0.29, 0.717) is 5.56 Å². The van der Waals surface area contributed by atoms with Gasteiger partial charge in [0.25, 0.3) is 0 Å². The molecule has 1 atom stereocenters. The molecule has 23 heavy (non-hydrogen) atoms. The lowest BCUT2D eigenvalue weighted by atomic mass is 10.2. The minimum atomic E-state index is -0.692. The van der Waals surface area contributed by atoms with E-state index in [1.807, 2.05) is 0 Å². The molecule has 0 bridgehead atoms. The highest BCUT2D eigenvalue weighted by molar-refractivity contribution is 5.81. The Bertz CT molecular complexity index is 663. The highest BCUT2D eigenvalue weighted by Gasteiger charge is 2.16.